The minimum Gasteiger partial charge on any atom is -0.398 e. The monoisotopic (exact) mass is 307 g/mol. The molecular formula is C8H6Cl2F3NO2S. The highest BCUT2D eigenvalue weighted by Gasteiger charge is 2.53. The zero-order valence-electron chi connectivity index (χ0n) is 8.00. The topological polar surface area (TPSA) is 60.2 Å². The van der Waals surface area contributed by atoms with Crippen LogP contribution in [0.1, 0.15) is 0 Å². The van der Waals surface area contributed by atoms with E-state index >= 15 is 0 Å². The Morgan fingerprint density at radius 3 is 2.29 bits per heavy atom. The second kappa shape index (κ2) is 4.55. The third-order valence-electron chi connectivity index (χ3n) is 1.89. The van der Waals surface area contributed by atoms with Crippen LogP contribution in [-0.2, 0) is 9.84 Å². The molecule has 0 heterocycles. The van der Waals surface area contributed by atoms with Crippen molar-refractivity contribution in [2.24, 2.45) is 0 Å². The summed E-state index contributed by atoms with van der Waals surface area (Å²) in [5.74, 6) is 0. The molecule has 96 valence electrons. The van der Waals surface area contributed by atoms with Crippen LogP contribution in [0.5, 0.6) is 0 Å². The molecule has 0 amide bonds. The lowest BCUT2D eigenvalue weighted by Gasteiger charge is -2.17. The van der Waals surface area contributed by atoms with Gasteiger partial charge in [-0.3, -0.25) is 0 Å². The summed E-state index contributed by atoms with van der Waals surface area (Å²) in [4.78, 5) is -0.856. The maximum atomic E-state index is 13.1. The zero-order valence-corrected chi connectivity index (χ0v) is 10.3. The highest BCUT2D eigenvalue weighted by Crippen LogP contribution is 2.37. The Kier molecular flexibility index (Phi) is 3.85. The second-order valence-corrected chi connectivity index (χ2v) is 5.86. The molecule has 3 nitrogen and oxygen atoms in total. The molecule has 1 aromatic carbocycles. The third kappa shape index (κ3) is 2.46. The van der Waals surface area contributed by atoms with Crippen LogP contribution in [0, 0.1) is 0 Å². The van der Waals surface area contributed by atoms with Crippen LogP contribution < -0.4 is 5.73 Å². The minimum atomic E-state index is -5.26. The highest BCUT2D eigenvalue weighted by molar-refractivity contribution is 7.92. The molecule has 0 spiro atoms. The van der Waals surface area contributed by atoms with E-state index in [1.807, 2.05) is 0 Å². The molecule has 0 radical (unpaired) electrons. The summed E-state index contributed by atoms with van der Waals surface area (Å²) in [5, 5.41) is -4.97. The van der Waals surface area contributed by atoms with Gasteiger partial charge in [0.25, 0.3) is 5.63 Å². The number of rotatable bonds is 3. The summed E-state index contributed by atoms with van der Waals surface area (Å²) in [6, 6.07) is 2.52. The van der Waals surface area contributed by atoms with E-state index in [1.165, 1.54) is 0 Å². The van der Waals surface area contributed by atoms with Gasteiger partial charge in [-0.05, 0) is 18.2 Å². The molecule has 9 heteroatoms. The predicted octanol–water partition coefficient (Wildman–Crippen LogP) is 2.82. The molecule has 0 aliphatic rings. The summed E-state index contributed by atoms with van der Waals surface area (Å²) in [5.41, 5.74) is 1.94. The van der Waals surface area contributed by atoms with Gasteiger partial charge in [0.1, 0.15) is 0 Å². The quantitative estimate of drug-likeness (QED) is 0.690. The first-order valence-corrected chi connectivity index (χ1v) is 6.36. The fourth-order valence-electron chi connectivity index (χ4n) is 0.949. The largest absolute Gasteiger partial charge is 0.398 e. The van der Waals surface area contributed by atoms with Crippen molar-refractivity contribution in [3.05, 3.63) is 23.2 Å². The number of hydrogen-bond donors (Lipinski definition) is 1. The van der Waals surface area contributed by atoms with E-state index in [9.17, 15) is 21.6 Å². The SMILES string of the molecule is Nc1ccc(S(=O)(=O)C(F)(F)C(F)Cl)cc1Cl. The Labute approximate surface area is 105 Å². The third-order valence-corrected chi connectivity index (χ3v) is 4.42. The summed E-state index contributed by atoms with van der Waals surface area (Å²) in [6.07, 6.45) is 0. The van der Waals surface area contributed by atoms with Gasteiger partial charge < -0.3 is 5.73 Å². The van der Waals surface area contributed by atoms with E-state index < -0.39 is 25.6 Å². The van der Waals surface area contributed by atoms with Gasteiger partial charge in [0, 0.05) is 0 Å². The Morgan fingerprint density at radius 2 is 1.88 bits per heavy atom. The van der Waals surface area contributed by atoms with Crippen molar-refractivity contribution in [1.82, 2.24) is 0 Å². The number of nitrogen functional groups attached to an aromatic ring is 1. The average molecular weight is 308 g/mol. The molecule has 1 unspecified atom stereocenters. The summed E-state index contributed by atoms with van der Waals surface area (Å²) in [7, 11) is -5.26. The molecule has 1 atom stereocenters. The number of sulfone groups is 1. The highest BCUT2D eigenvalue weighted by atomic mass is 35.5. The lowest BCUT2D eigenvalue weighted by atomic mass is 10.3. The van der Waals surface area contributed by atoms with Gasteiger partial charge in [0.15, 0.2) is 0 Å². The molecule has 0 saturated heterocycles. The molecule has 1 rings (SSSR count). The maximum absolute atomic E-state index is 13.1. The van der Waals surface area contributed by atoms with Gasteiger partial charge in [-0.25, -0.2) is 12.8 Å². The van der Waals surface area contributed by atoms with E-state index in [4.69, 9.17) is 17.3 Å². The lowest BCUT2D eigenvalue weighted by molar-refractivity contribution is 0.0423. The fourth-order valence-corrected chi connectivity index (χ4v) is 2.62. The smallest absolute Gasteiger partial charge is 0.393 e. The number of nitrogens with two attached hydrogens (primary N) is 1. The Morgan fingerprint density at radius 1 is 1.35 bits per heavy atom. The van der Waals surface area contributed by atoms with Gasteiger partial charge >= 0.3 is 5.25 Å². The molecule has 0 fully saturated rings. The molecule has 2 N–H and O–H groups in total. The van der Waals surface area contributed by atoms with Gasteiger partial charge in [-0.15, -0.1) is 0 Å². The van der Waals surface area contributed by atoms with E-state index in [2.05, 4.69) is 11.6 Å². The van der Waals surface area contributed by atoms with Crippen molar-refractivity contribution in [2.75, 3.05) is 5.73 Å². The van der Waals surface area contributed by atoms with E-state index in [1.54, 1.807) is 0 Å². The number of hydrogen-bond acceptors (Lipinski definition) is 3. The molecule has 0 saturated carbocycles. The van der Waals surface area contributed by atoms with Crippen molar-refractivity contribution in [1.29, 1.82) is 0 Å². The lowest BCUT2D eigenvalue weighted by Crippen LogP contribution is -2.35. The van der Waals surface area contributed by atoms with Crippen LogP contribution >= 0.6 is 23.2 Å². The van der Waals surface area contributed by atoms with Crippen LogP contribution in [0.15, 0.2) is 23.1 Å². The summed E-state index contributed by atoms with van der Waals surface area (Å²) < 4.78 is 61.3. The van der Waals surface area contributed by atoms with Crippen molar-refractivity contribution < 1.29 is 21.6 Å². The van der Waals surface area contributed by atoms with Crippen molar-refractivity contribution in [2.45, 2.75) is 15.8 Å². The normalized spacial score (nSPS) is 14.6. The van der Waals surface area contributed by atoms with Crippen molar-refractivity contribution in [3.8, 4) is 0 Å². The van der Waals surface area contributed by atoms with Gasteiger partial charge in [-0.2, -0.15) is 8.78 Å². The first-order chi connectivity index (χ1) is 7.60. The summed E-state index contributed by atoms with van der Waals surface area (Å²) >= 11 is 10.0. The van der Waals surface area contributed by atoms with Crippen LogP contribution in [-0.4, -0.2) is 19.3 Å². The number of anilines is 1. The molecule has 0 bridgehead atoms. The van der Waals surface area contributed by atoms with Crippen molar-refractivity contribution >= 4 is 38.7 Å². The maximum Gasteiger partial charge on any atom is 0.393 e. The average Bonchev–Trinajstić information content (AvgIpc) is 2.21. The van der Waals surface area contributed by atoms with E-state index in [0.29, 0.717) is 6.07 Å². The Balaban J connectivity index is 3.37. The first-order valence-electron chi connectivity index (χ1n) is 4.06. The minimum absolute atomic E-state index is 0.0107. The number of benzene rings is 1. The standard InChI is InChI=1S/C8H6Cl2F3NO2S/c9-5-3-4(1-2-6(5)14)17(15,16)8(12,13)7(10)11/h1-3,7H,14H2. The second-order valence-electron chi connectivity index (χ2n) is 3.05. The molecule has 0 aliphatic heterocycles. The van der Waals surface area contributed by atoms with Crippen molar-refractivity contribution in [3.63, 3.8) is 0 Å². The van der Waals surface area contributed by atoms with Crippen LogP contribution in [0.3, 0.4) is 0 Å². The first kappa shape index (κ1) is 14.4. The van der Waals surface area contributed by atoms with Gasteiger partial charge in [-0.1, -0.05) is 23.2 Å². The number of halogens is 5. The molecule has 0 aliphatic carbocycles. The van der Waals surface area contributed by atoms with Crippen LogP contribution in [0.25, 0.3) is 0 Å². The van der Waals surface area contributed by atoms with E-state index in [-0.39, 0.29) is 10.7 Å². The fraction of sp³-hybridized carbons (Fsp3) is 0.250. The molecule has 1 aromatic rings. The Bertz CT molecular complexity index is 534. The van der Waals surface area contributed by atoms with Gasteiger partial charge in [0.05, 0.1) is 15.6 Å². The van der Waals surface area contributed by atoms with E-state index in [0.717, 1.165) is 12.1 Å². The molecular weight excluding hydrogens is 302 g/mol. The zero-order chi connectivity index (χ0) is 13.4. The number of alkyl halides is 4. The summed E-state index contributed by atoms with van der Waals surface area (Å²) in [6.45, 7) is 0. The van der Waals surface area contributed by atoms with Crippen LogP contribution in [0.4, 0.5) is 18.9 Å². The Hall–Kier alpha value is -0.660. The molecule has 0 aromatic heterocycles. The van der Waals surface area contributed by atoms with Gasteiger partial charge in [0.2, 0.25) is 9.84 Å². The molecule has 17 heavy (non-hydrogen) atoms. The predicted molar refractivity (Wildman–Crippen MR) is 58.7 cm³/mol. The van der Waals surface area contributed by atoms with Crippen LogP contribution in [0.2, 0.25) is 5.02 Å².